The molecule has 0 spiro atoms. The lowest BCUT2D eigenvalue weighted by Crippen LogP contribution is -2.34. The van der Waals surface area contributed by atoms with Crippen LogP contribution in [0.3, 0.4) is 0 Å². The van der Waals surface area contributed by atoms with Crippen molar-refractivity contribution in [3.8, 4) is 5.75 Å². The summed E-state index contributed by atoms with van der Waals surface area (Å²) in [7, 11) is 0. The molecule has 3 nitrogen and oxygen atoms in total. The van der Waals surface area contributed by atoms with E-state index in [1.54, 1.807) is 0 Å². The highest BCUT2D eigenvalue weighted by molar-refractivity contribution is 7.99. The maximum atomic E-state index is 5.76. The first-order valence-electron chi connectivity index (χ1n) is 7.22. The van der Waals surface area contributed by atoms with E-state index in [0.717, 1.165) is 24.6 Å². The van der Waals surface area contributed by atoms with E-state index in [2.05, 4.69) is 23.5 Å². The molecule has 1 aromatic heterocycles. The minimum atomic E-state index is 0.516. The molecule has 1 aliphatic carbocycles. The van der Waals surface area contributed by atoms with Crippen molar-refractivity contribution < 1.29 is 4.74 Å². The molecule has 1 aromatic rings. The van der Waals surface area contributed by atoms with E-state index < -0.39 is 0 Å². The molecule has 0 saturated heterocycles. The Labute approximate surface area is 120 Å². The summed E-state index contributed by atoms with van der Waals surface area (Å²) in [6.07, 6.45) is 10.3. The average molecular weight is 280 g/mol. The third-order valence-electron chi connectivity index (χ3n) is 3.56. The van der Waals surface area contributed by atoms with Crippen molar-refractivity contribution >= 4 is 17.6 Å². The van der Waals surface area contributed by atoms with Crippen LogP contribution in [0.15, 0.2) is 18.3 Å². The Morgan fingerprint density at radius 2 is 2.26 bits per heavy atom. The lowest BCUT2D eigenvalue weighted by atomic mass is 9.95. The summed E-state index contributed by atoms with van der Waals surface area (Å²) in [6, 6.07) is 4.45. The van der Waals surface area contributed by atoms with Crippen LogP contribution in [-0.2, 0) is 0 Å². The molecule has 0 bridgehead atoms. The summed E-state index contributed by atoms with van der Waals surface area (Å²) < 4.78 is 5.76. The summed E-state index contributed by atoms with van der Waals surface area (Å²) in [5, 5.41) is 4.29. The summed E-state index contributed by atoms with van der Waals surface area (Å²) in [4.78, 5) is 4.45. The van der Waals surface area contributed by atoms with Gasteiger partial charge < -0.3 is 10.1 Å². The Morgan fingerprint density at radius 3 is 3.05 bits per heavy atom. The van der Waals surface area contributed by atoms with Crippen molar-refractivity contribution in [3.63, 3.8) is 0 Å². The van der Waals surface area contributed by atoms with E-state index in [0.29, 0.717) is 11.3 Å². The van der Waals surface area contributed by atoms with Crippen molar-refractivity contribution in [2.45, 2.75) is 50.3 Å². The van der Waals surface area contributed by atoms with Gasteiger partial charge in [-0.1, -0.05) is 19.8 Å². The van der Waals surface area contributed by atoms with Crippen molar-refractivity contribution in [1.82, 2.24) is 4.98 Å². The van der Waals surface area contributed by atoms with Crippen LogP contribution in [0.2, 0.25) is 0 Å². The van der Waals surface area contributed by atoms with Crippen molar-refractivity contribution in [3.05, 3.63) is 18.3 Å². The Balaban J connectivity index is 2.04. The minimum absolute atomic E-state index is 0.516. The number of anilines is 1. The monoisotopic (exact) mass is 280 g/mol. The van der Waals surface area contributed by atoms with Crippen LogP contribution in [0.5, 0.6) is 5.75 Å². The number of hydrogen-bond donors (Lipinski definition) is 1. The molecule has 0 aromatic carbocycles. The van der Waals surface area contributed by atoms with Crippen LogP contribution >= 0.6 is 11.8 Å². The number of nitrogens with one attached hydrogen (secondary N) is 1. The third-order valence-corrected chi connectivity index (χ3v) is 4.73. The third kappa shape index (κ3) is 4.03. The number of ether oxygens (including phenoxy) is 1. The van der Waals surface area contributed by atoms with Crippen LogP contribution < -0.4 is 10.1 Å². The summed E-state index contributed by atoms with van der Waals surface area (Å²) in [6.45, 7) is 2.87. The zero-order valence-corrected chi connectivity index (χ0v) is 12.7. The standard InChI is InChI=1S/C15H24N2OS/c1-3-11-18-13-8-6-10-16-15(13)17-12-7-4-5-9-14(12)19-2/h6,8,10,12,14H,3-5,7,9,11H2,1-2H3,(H,16,17). The van der Waals surface area contributed by atoms with Crippen LogP contribution in [0.25, 0.3) is 0 Å². The largest absolute Gasteiger partial charge is 0.490 e. The molecule has 1 saturated carbocycles. The maximum absolute atomic E-state index is 5.76. The zero-order valence-electron chi connectivity index (χ0n) is 11.9. The molecule has 0 amide bonds. The van der Waals surface area contributed by atoms with Gasteiger partial charge in [0.25, 0.3) is 0 Å². The molecule has 1 fully saturated rings. The summed E-state index contributed by atoms with van der Waals surface area (Å²) >= 11 is 1.97. The molecule has 2 atom stereocenters. The van der Waals surface area contributed by atoms with Crippen molar-refractivity contribution in [2.75, 3.05) is 18.2 Å². The van der Waals surface area contributed by atoms with Crippen molar-refractivity contribution in [1.29, 1.82) is 0 Å². The molecular formula is C15H24N2OS. The Kier molecular flexibility index (Phi) is 5.83. The number of pyridine rings is 1. The zero-order chi connectivity index (χ0) is 13.5. The average Bonchev–Trinajstić information content (AvgIpc) is 2.47. The number of thioether (sulfide) groups is 1. The van der Waals surface area contributed by atoms with Gasteiger partial charge >= 0.3 is 0 Å². The second-order valence-corrected chi connectivity index (χ2v) is 6.08. The van der Waals surface area contributed by atoms with Gasteiger partial charge in [0.05, 0.1) is 6.61 Å². The van der Waals surface area contributed by atoms with E-state index in [1.807, 2.05) is 30.1 Å². The van der Waals surface area contributed by atoms with Crippen LogP contribution in [0, 0.1) is 0 Å². The van der Waals surface area contributed by atoms with Crippen LogP contribution in [0.1, 0.15) is 39.0 Å². The van der Waals surface area contributed by atoms with Gasteiger partial charge in [-0.05, 0) is 37.7 Å². The van der Waals surface area contributed by atoms with Gasteiger partial charge in [-0.15, -0.1) is 0 Å². The molecule has 1 N–H and O–H groups in total. The van der Waals surface area contributed by atoms with E-state index in [9.17, 15) is 0 Å². The van der Waals surface area contributed by atoms with Gasteiger partial charge in [0, 0.05) is 17.5 Å². The van der Waals surface area contributed by atoms with Crippen LogP contribution in [-0.4, -0.2) is 29.1 Å². The molecule has 106 valence electrons. The first kappa shape index (κ1) is 14.5. The minimum Gasteiger partial charge on any atom is -0.490 e. The maximum Gasteiger partial charge on any atom is 0.169 e. The SMILES string of the molecule is CCCOc1cccnc1NC1CCCCC1SC. The first-order valence-corrected chi connectivity index (χ1v) is 8.51. The number of rotatable bonds is 6. The van der Waals surface area contributed by atoms with Gasteiger partial charge in [-0.3, -0.25) is 0 Å². The fourth-order valence-corrected chi connectivity index (χ4v) is 3.48. The molecule has 2 unspecified atom stereocenters. The Morgan fingerprint density at radius 1 is 1.42 bits per heavy atom. The molecule has 0 aliphatic heterocycles. The van der Waals surface area contributed by atoms with Gasteiger partial charge in [0.2, 0.25) is 0 Å². The van der Waals surface area contributed by atoms with E-state index >= 15 is 0 Å². The van der Waals surface area contributed by atoms with E-state index in [-0.39, 0.29) is 0 Å². The predicted octanol–water partition coefficient (Wildman–Crippen LogP) is 3.96. The van der Waals surface area contributed by atoms with Gasteiger partial charge in [-0.2, -0.15) is 11.8 Å². The van der Waals surface area contributed by atoms with Crippen LogP contribution in [0.4, 0.5) is 5.82 Å². The predicted molar refractivity (Wildman–Crippen MR) is 83.2 cm³/mol. The Hall–Kier alpha value is -0.900. The normalized spacial score (nSPS) is 23.1. The highest BCUT2D eigenvalue weighted by Gasteiger charge is 2.25. The molecule has 1 aliphatic rings. The molecular weight excluding hydrogens is 256 g/mol. The quantitative estimate of drug-likeness (QED) is 0.855. The smallest absolute Gasteiger partial charge is 0.169 e. The van der Waals surface area contributed by atoms with Crippen molar-refractivity contribution in [2.24, 2.45) is 0 Å². The Bertz CT molecular complexity index is 386. The number of hydrogen-bond acceptors (Lipinski definition) is 4. The highest BCUT2D eigenvalue weighted by atomic mass is 32.2. The summed E-state index contributed by atoms with van der Waals surface area (Å²) in [5.74, 6) is 1.79. The lowest BCUT2D eigenvalue weighted by Gasteiger charge is -2.31. The number of aromatic nitrogens is 1. The number of nitrogens with zero attached hydrogens (tertiary/aromatic N) is 1. The summed E-state index contributed by atoms with van der Waals surface area (Å²) in [5.41, 5.74) is 0. The molecule has 0 radical (unpaired) electrons. The van der Waals surface area contributed by atoms with E-state index in [4.69, 9.17) is 4.74 Å². The molecule has 19 heavy (non-hydrogen) atoms. The van der Waals surface area contributed by atoms with Gasteiger partial charge in [0.1, 0.15) is 0 Å². The fourth-order valence-electron chi connectivity index (χ4n) is 2.55. The second-order valence-electron chi connectivity index (χ2n) is 5.01. The van der Waals surface area contributed by atoms with Gasteiger partial charge in [-0.25, -0.2) is 4.98 Å². The molecule has 1 heterocycles. The first-order chi connectivity index (χ1) is 9.35. The topological polar surface area (TPSA) is 34.1 Å². The lowest BCUT2D eigenvalue weighted by molar-refractivity contribution is 0.317. The van der Waals surface area contributed by atoms with E-state index in [1.165, 1.54) is 25.7 Å². The second kappa shape index (κ2) is 7.63. The molecule has 4 heteroatoms. The molecule has 2 rings (SSSR count). The highest BCUT2D eigenvalue weighted by Crippen LogP contribution is 2.31. The fraction of sp³-hybridized carbons (Fsp3) is 0.667. The van der Waals surface area contributed by atoms with Gasteiger partial charge in [0.15, 0.2) is 11.6 Å².